The number of pyridine rings is 1. The first kappa shape index (κ1) is 15.5. The molecule has 1 aromatic rings. The van der Waals surface area contributed by atoms with Crippen molar-refractivity contribution in [3.05, 3.63) is 30.1 Å². The number of carbonyl (C=O) groups excluding carboxylic acids is 2. The molecule has 4 rings (SSSR count). The summed E-state index contributed by atoms with van der Waals surface area (Å²) in [5, 5.41) is 10.1. The van der Waals surface area contributed by atoms with Gasteiger partial charge in [-0.15, -0.1) is 0 Å². The molecule has 3 aliphatic rings. The first-order valence-corrected chi connectivity index (χ1v) is 8.38. The van der Waals surface area contributed by atoms with Crippen LogP contribution < -0.4 is 0 Å². The predicted molar refractivity (Wildman–Crippen MR) is 86.2 cm³/mol. The molecule has 0 radical (unpaired) electrons. The Bertz CT molecular complexity index is 659. The van der Waals surface area contributed by atoms with Crippen molar-refractivity contribution in [3.8, 4) is 0 Å². The lowest BCUT2D eigenvalue weighted by Gasteiger charge is -2.60. The Morgan fingerprint density at radius 3 is 2.67 bits per heavy atom. The van der Waals surface area contributed by atoms with E-state index in [0.29, 0.717) is 44.7 Å². The average molecular weight is 330 g/mol. The molecule has 0 unspecified atom stereocenters. The number of aliphatic hydroxyl groups excluding tert-OH is 1. The predicted octanol–water partition coefficient (Wildman–Crippen LogP) is -0.426. The van der Waals surface area contributed by atoms with Crippen molar-refractivity contribution in [2.75, 3.05) is 32.7 Å². The van der Waals surface area contributed by atoms with Crippen LogP contribution in [0.25, 0.3) is 0 Å². The minimum absolute atomic E-state index is 0.0233. The van der Waals surface area contributed by atoms with Crippen LogP contribution in [0.2, 0.25) is 0 Å². The van der Waals surface area contributed by atoms with Gasteiger partial charge in [-0.25, -0.2) is 0 Å². The van der Waals surface area contributed by atoms with Crippen LogP contribution in [-0.4, -0.2) is 87.0 Å². The standard InChI is InChI=1S/C17H22N4O3/c1-12(22)20-10-17(11-20)9-19(7-14-5-15(23)8-21(14)17)16(24)13-3-2-4-18-6-13/h2-4,6,14-15,23H,5,7-11H2,1H3/t14-,15+/m0/s1. The zero-order valence-corrected chi connectivity index (χ0v) is 13.8. The summed E-state index contributed by atoms with van der Waals surface area (Å²) < 4.78 is 0. The largest absolute Gasteiger partial charge is 0.392 e. The molecule has 4 heterocycles. The Morgan fingerprint density at radius 1 is 1.25 bits per heavy atom. The number of likely N-dealkylation sites (tertiary alicyclic amines) is 1. The molecule has 0 saturated carbocycles. The molecule has 128 valence electrons. The third-order valence-electron chi connectivity index (χ3n) is 5.53. The molecule has 7 nitrogen and oxygen atoms in total. The lowest BCUT2D eigenvalue weighted by Crippen LogP contribution is -2.78. The van der Waals surface area contributed by atoms with Gasteiger partial charge in [0.05, 0.1) is 17.2 Å². The molecule has 1 spiro atoms. The van der Waals surface area contributed by atoms with Crippen molar-refractivity contribution in [2.24, 2.45) is 0 Å². The summed E-state index contributed by atoms with van der Waals surface area (Å²) in [6.07, 6.45) is 3.57. The highest BCUT2D eigenvalue weighted by atomic mass is 16.3. The fourth-order valence-electron chi connectivity index (χ4n) is 4.41. The fraction of sp³-hybridized carbons (Fsp3) is 0.588. The van der Waals surface area contributed by atoms with E-state index in [1.807, 2.05) is 4.90 Å². The summed E-state index contributed by atoms with van der Waals surface area (Å²) in [7, 11) is 0. The second-order valence-corrected chi connectivity index (χ2v) is 7.22. The van der Waals surface area contributed by atoms with Crippen LogP contribution >= 0.6 is 0 Å². The number of fused-ring (bicyclic) bond motifs is 2. The lowest BCUT2D eigenvalue weighted by atomic mass is 9.83. The monoisotopic (exact) mass is 330 g/mol. The molecule has 3 aliphatic heterocycles. The molecule has 2 atom stereocenters. The van der Waals surface area contributed by atoms with E-state index in [1.54, 1.807) is 36.4 Å². The van der Waals surface area contributed by atoms with Crippen molar-refractivity contribution in [2.45, 2.75) is 31.0 Å². The van der Waals surface area contributed by atoms with Gasteiger partial charge in [0.2, 0.25) is 5.91 Å². The highest BCUT2D eigenvalue weighted by Gasteiger charge is 2.57. The Morgan fingerprint density at radius 2 is 2.00 bits per heavy atom. The fourth-order valence-corrected chi connectivity index (χ4v) is 4.41. The molecule has 7 heteroatoms. The molecular weight excluding hydrogens is 308 g/mol. The van der Waals surface area contributed by atoms with E-state index in [2.05, 4.69) is 9.88 Å². The average Bonchev–Trinajstić information content (AvgIpc) is 2.92. The second-order valence-electron chi connectivity index (χ2n) is 7.22. The first-order valence-electron chi connectivity index (χ1n) is 8.38. The van der Waals surface area contributed by atoms with Crippen LogP contribution in [0.3, 0.4) is 0 Å². The van der Waals surface area contributed by atoms with Crippen LogP contribution in [-0.2, 0) is 4.79 Å². The zero-order valence-electron chi connectivity index (χ0n) is 13.8. The Hall–Kier alpha value is -1.99. The molecule has 2 amide bonds. The van der Waals surface area contributed by atoms with Gasteiger partial charge in [-0.1, -0.05) is 0 Å². The van der Waals surface area contributed by atoms with Crippen LogP contribution in [0.4, 0.5) is 0 Å². The summed E-state index contributed by atoms with van der Waals surface area (Å²) >= 11 is 0. The van der Waals surface area contributed by atoms with Gasteiger partial charge < -0.3 is 14.9 Å². The quantitative estimate of drug-likeness (QED) is 0.756. The first-order chi connectivity index (χ1) is 11.5. The van der Waals surface area contributed by atoms with Crippen LogP contribution in [0.15, 0.2) is 24.5 Å². The van der Waals surface area contributed by atoms with Crippen molar-refractivity contribution < 1.29 is 14.7 Å². The topological polar surface area (TPSA) is 77.0 Å². The van der Waals surface area contributed by atoms with Gasteiger partial charge in [0.15, 0.2) is 0 Å². The summed E-state index contributed by atoms with van der Waals surface area (Å²) in [6.45, 7) is 4.67. The molecule has 1 N–H and O–H groups in total. The number of aromatic nitrogens is 1. The van der Waals surface area contributed by atoms with E-state index in [4.69, 9.17) is 0 Å². The molecule has 24 heavy (non-hydrogen) atoms. The maximum absolute atomic E-state index is 12.8. The molecule has 0 aliphatic carbocycles. The molecule has 0 aromatic carbocycles. The van der Waals surface area contributed by atoms with Crippen molar-refractivity contribution in [1.29, 1.82) is 0 Å². The van der Waals surface area contributed by atoms with Gasteiger partial charge in [-0.05, 0) is 18.6 Å². The number of rotatable bonds is 1. The van der Waals surface area contributed by atoms with Crippen LogP contribution in [0.1, 0.15) is 23.7 Å². The van der Waals surface area contributed by atoms with E-state index in [1.165, 1.54) is 0 Å². The van der Waals surface area contributed by atoms with Gasteiger partial charge >= 0.3 is 0 Å². The van der Waals surface area contributed by atoms with Gasteiger partial charge in [0, 0.05) is 58.1 Å². The van der Waals surface area contributed by atoms with Crippen molar-refractivity contribution in [3.63, 3.8) is 0 Å². The van der Waals surface area contributed by atoms with Crippen LogP contribution in [0.5, 0.6) is 0 Å². The van der Waals surface area contributed by atoms with E-state index < -0.39 is 0 Å². The Balaban J connectivity index is 1.58. The van der Waals surface area contributed by atoms with Gasteiger partial charge in [-0.2, -0.15) is 0 Å². The van der Waals surface area contributed by atoms with Crippen molar-refractivity contribution >= 4 is 11.8 Å². The third kappa shape index (κ3) is 2.39. The maximum atomic E-state index is 12.8. The summed E-state index contributed by atoms with van der Waals surface area (Å²) in [5.74, 6) is 0.0393. The minimum Gasteiger partial charge on any atom is -0.392 e. The van der Waals surface area contributed by atoms with E-state index >= 15 is 0 Å². The van der Waals surface area contributed by atoms with Crippen LogP contribution in [0, 0.1) is 0 Å². The summed E-state index contributed by atoms with van der Waals surface area (Å²) in [6, 6.07) is 3.70. The smallest absolute Gasteiger partial charge is 0.255 e. The Kier molecular flexibility index (Phi) is 3.58. The van der Waals surface area contributed by atoms with E-state index in [-0.39, 0.29) is 29.5 Å². The minimum atomic E-state index is -0.355. The maximum Gasteiger partial charge on any atom is 0.255 e. The number of aliphatic hydroxyl groups is 1. The number of amides is 2. The third-order valence-corrected chi connectivity index (χ3v) is 5.53. The van der Waals surface area contributed by atoms with Gasteiger partial charge in [0.1, 0.15) is 0 Å². The molecule has 0 bridgehead atoms. The number of nitrogens with zero attached hydrogens (tertiary/aromatic N) is 4. The number of piperazine rings is 1. The highest BCUT2D eigenvalue weighted by molar-refractivity contribution is 5.94. The van der Waals surface area contributed by atoms with Gasteiger partial charge in [0.25, 0.3) is 5.91 Å². The summed E-state index contributed by atoms with van der Waals surface area (Å²) in [5.41, 5.74) is 0.367. The SMILES string of the molecule is CC(=O)N1CC2(C1)CN(C(=O)c1cccnc1)C[C@@H]1C[C@@H](O)CN12. The molecular formula is C17H22N4O3. The molecule has 3 saturated heterocycles. The number of hydrogen-bond acceptors (Lipinski definition) is 5. The van der Waals surface area contributed by atoms with E-state index in [0.717, 1.165) is 0 Å². The van der Waals surface area contributed by atoms with Crippen molar-refractivity contribution in [1.82, 2.24) is 19.7 Å². The normalized spacial score (nSPS) is 28.6. The van der Waals surface area contributed by atoms with E-state index in [9.17, 15) is 14.7 Å². The second kappa shape index (κ2) is 5.53. The Labute approximate surface area is 140 Å². The number of carbonyl (C=O) groups is 2. The molecule has 1 aromatic heterocycles. The summed E-state index contributed by atoms with van der Waals surface area (Å²) in [4.78, 5) is 34.5. The molecule has 3 fully saturated rings. The van der Waals surface area contributed by atoms with Gasteiger partial charge in [-0.3, -0.25) is 19.5 Å². The zero-order chi connectivity index (χ0) is 16.9. The highest BCUT2D eigenvalue weighted by Crippen LogP contribution is 2.39. The number of hydrogen-bond donors (Lipinski definition) is 1. The number of β-amino-alcohol motifs (C(OH)–C–C–N with tert-alkyl or cyclic N) is 1. The lowest BCUT2D eigenvalue weighted by molar-refractivity contribution is -0.151.